The molecular weight excluding hydrogens is 260 g/mol. The van der Waals surface area contributed by atoms with Crippen molar-refractivity contribution < 1.29 is 15.0 Å². The van der Waals surface area contributed by atoms with Gasteiger partial charge in [0.05, 0.1) is 18.7 Å². The molecule has 0 bridgehead atoms. The van der Waals surface area contributed by atoms with Gasteiger partial charge in [-0.05, 0) is 12.1 Å². The molecule has 2 aromatic rings. The third-order valence-corrected chi connectivity index (χ3v) is 3.37. The van der Waals surface area contributed by atoms with Crippen molar-refractivity contribution in [2.24, 2.45) is 0 Å². The topological polar surface area (TPSA) is 91.5 Å². The molecule has 1 aliphatic heterocycles. The Labute approximate surface area is 115 Å². The summed E-state index contributed by atoms with van der Waals surface area (Å²) in [6, 6.07) is 3.99. The minimum atomic E-state index is -0.199. The smallest absolute Gasteiger partial charge is 0.180 e. The molecule has 7 nitrogen and oxygen atoms in total. The highest BCUT2D eigenvalue weighted by atomic mass is 16.3. The number of aromatic hydroxyl groups is 2. The first-order valence-electron chi connectivity index (χ1n) is 6.28. The Bertz CT molecular complexity index is 653. The summed E-state index contributed by atoms with van der Waals surface area (Å²) in [7, 11) is 0. The summed E-state index contributed by atoms with van der Waals surface area (Å²) in [5, 5.41) is 26.7. The molecule has 0 amide bonds. The van der Waals surface area contributed by atoms with Gasteiger partial charge in [-0.1, -0.05) is 0 Å². The molecule has 2 heterocycles. The number of hydrogen-bond donors (Lipinski definition) is 2. The van der Waals surface area contributed by atoms with Gasteiger partial charge in [-0.25, -0.2) is 0 Å². The first kappa shape index (κ1) is 12.6. The van der Waals surface area contributed by atoms with E-state index in [2.05, 4.69) is 10.2 Å². The van der Waals surface area contributed by atoms with Crippen molar-refractivity contribution in [2.45, 2.75) is 13.1 Å². The molecular formula is C13H14N4O3. The Hall–Kier alpha value is -2.41. The van der Waals surface area contributed by atoms with Crippen LogP contribution in [0.2, 0.25) is 0 Å². The molecule has 2 N–H and O–H groups in total. The van der Waals surface area contributed by atoms with Crippen molar-refractivity contribution in [3.63, 3.8) is 0 Å². The molecule has 0 unspecified atom stereocenters. The number of carbonyl (C=O) groups excluding carboxylic acids is 1. The Balaban J connectivity index is 1.71. The monoisotopic (exact) mass is 274 g/mol. The fourth-order valence-electron chi connectivity index (χ4n) is 2.30. The Morgan fingerprint density at radius 2 is 2.15 bits per heavy atom. The van der Waals surface area contributed by atoms with Gasteiger partial charge in [-0.3, -0.25) is 9.69 Å². The third-order valence-electron chi connectivity index (χ3n) is 3.37. The number of aromatic nitrogens is 3. The molecule has 7 heteroatoms. The number of phenolic OH excluding ortho intramolecular Hbond substituents is 2. The summed E-state index contributed by atoms with van der Waals surface area (Å²) in [6.45, 7) is 2.24. The molecule has 104 valence electrons. The number of carbonyl (C=O) groups is 1. The Kier molecular flexibility index (Phi) is 3.11. The van der Waals surface area contributed by atoms with Gasteiger partial charge in [0.15, 0.2) is 5.78 Å². The van der Waals surface area contributed by atoms with Gasteiger partial charge in [0.2, 0.25) is 0 Å². The Morgan fingerprint density at radius 3 is 2.95 bits per heavy atom. The molecule has 3 rings (SSSR count). The normalized spacial score (nSPS) is 15.0. The fraction of sp³-hybridized carbons (Fsp3) is 0.308. The lowest BCUT2D eigenvalue weighted by Crippen LogP contribution is -2.37. The summed E-state index contributed by atoms with van der Waals surface area (Å²) in [5.74, 6) is 0.384. The quantitative estimate of drug-likeness (QED) is 0.787. The minimum absolute atomic E-state index is 0.0647. The number of rotatable bonds is 3. The van der Waals surface area contributed by atoms with E-state index in [0.29, 0.717) is 6.54 Å². The van der Waals surface area contributed by atoms with E-state index in [4.69, 9.17) is 0 Å². The van der Waals surface area contributed by atoms with Gasteiger partial charge in [0.1, 0.15) is 23.7 Å². The molecule has 0 saturated heterocycles. The second-order valence-corrected chi connectivity index (χ2v) is 4.78. The minimum Gasteiger partial charge on any atom is -0.508 e. The number of nitrogens with zero attached hydrogens (tertiary/aromatic N) is 4. The molecule has 0 aliphatic carbocycles. The maximum atomic E-state index is 12.2. The van der Waals surface area contributed by atoms with Gasteiger partial charge in [-0.2, -0.15) is 0 Å². The van der Waals surface area contributed by atoms with Gasteiger partial charge in [0, 0.05) is 19.2 Å². The number of hydrogen-bond acceptors (Lipinski definition) is 6. The van der Waals surface area contributed by atoms with Crippen LogP contribution in [0.25, 0.3) is 0 Å². The number of Topliss-reactive ketones (excluding diaryl/α,β-unsaturated/α-hetero) is 1. The largest absolute Gasteiger partial charge is 0.508 e. The number of benzene rings is 1. The molecule has 1 aromatic heterocycles. The highest BCUT2D eigenvalue weighted by Gasteiger charge is 2.21. The van der Waals surface area contributed by atoms with Crippen LogP contribution in [-0.4, -0.2) is 48.8 Å². The van der Waals surface area contributed by atoms with E-state index < -0.39 is 0 Å². The fourth-order valence-corrected chi connectivity index (χ4v) is 2.30. The molecule has 1 aliphatic rings. The molecule has 1 aromatic carbocycles. The lowest BCUT2D eigenvalue weighted by atomic mass is 10.1. The highest BCUT2D eigenvalue weighted by Crippen LogP contribution is 2.23. The molecule has 0 saturated carbocycles. The van der Waals surface area contributed by atoms with Crippen LogP contribution in [0.4, 0.5) is 0 Å². The van der Waals surface area contributed by atoms with Gasteiger partial charge >= 0.3 is 0 Å². The lowest BCUT2D eigenvalue weighted by Gasteiger charge is -2.26. The highest BCUT2D eigenvalue weighted by molar-refractivity contribution is 6.00. The molecule has 0 spiro atoms. The SMILES string of the molecule is O=C(CN1CCn2cnnc2C1)c1ccc(O)cc1O. The average Bonchev–Trinajstić information content (AvgIpc) is 2.85. The average molecular weight is 274 g/mol. The second kappa shape index (κ2) is 4.93. The van der Waals surface area contributed by atoms with Crippen molar-refractivity contribution in [3.8, 4) is 11.5 Å². The van der Waals surface area contributed by atoms with Crippen LogP contribution in [0.5, 0.6) is 11.5 Å². The summed E-state index contributed by atoms with van der Waals surface area (Å²) in [6.07, 6.45) is 1.68. The van der Waals surface area contributed by atoms with Crippen LogP contribution in [0.15, 0.2) is 24.5 Å². The molecule has 0 fully saturated rings. The zero-order chi connectivity index (χ0) is 14.1. The predicted molar refractivity (Wildman–Crippen MR) is 69.4 cm³/mol. The maximum absolute atomic E-state index is 12.2. The van der Waals surface area contributed by atoms with E-state index in [-0.39, 0.29) is 29.4 Å². The van der Waals surface area contributed by atoms with E-state index in [1.807, 2.05) is 9.47 Å². The van der Waals surface area contributed by atoms with Gasteiger partial charge < -0.3 is 14.8 Å². The van der Waals surface area contributed by atoms with E-state index in [9.17, 15) is 15.0 Å². The van der Waals surface area contributed by atoms with Crippen molar-refractivity contribution in [1.29, 1.82) is 0 Å². The van der Waals surface area contributed by atoms with Gasteiger partial charge in [0.25, 0.3) is 0 Å². The third kappa shape index (κ3) is 2.35. The second-order valence-electron chi connectivity index (χ2n) is 4.78. The van der Waals surface area contributed by atoms with E-state index in [0.717, 1.165) is 18.9 Å². The number of fused-ring (bicyclic) bond motifs is 1. The Morgan fingerprint density at radius 1 is 1.30 bits per heavy atom. The van der Waals surface area contributed by atoms with Crippen LogP contribution in [0.3, 0.4) is 0 Å². The first-order valence-corrected chi connectivity index (χ1v) is 6.28. The van der Waals surface area contributed by atoms with E-state index in [1.165, 1.54) is 18.2 Å². The summed E-state index contributed by atoms with van der Waals surface area (Å²) >= 11 is 0. The summed E-state index contributed by atoms with van der Waals surface area (Å²) in [4.78, 5) is 14.1. The van der Waals surface area contributed by atoms with Crippen molar-refractivity contribution >= 4 is 5.78 Å². The lowest BCUT2D eigenvalue weighted by molar-refractivity contribution is 0.0905. The van der Waals surface area contributed by atoms with Crippen LogP contribution < -0.4 is 0 Å². The van der Waals surface area contributed by atoms with Crippen LogP contribution in [0.1, 0.15) is 16.2 Å². The van der Waals surface area contributed by atoms with Crippen LogP contribution >= 0.6 is 0 Å². The molecule has 20 heavy (non-hydrogen) atoms. The van der Waals surface area contributed by atoms with E-state index in [1.54, 1.807) is 6.33 Å². The standard InChI is InChI=1S/C13H14N4O3/c18-9-1-2-10(11(19)5-9)12(20)6-16-3-4-17-8-14-15-13(17)7-16/h1-2,5,8,18-19H,3-4,6-7H2. The zero-order valence-corrected chi connectivity index (χ0v) is 10.7. The van der Waals surface area contributed by atoms with Gasteiger partial charge in [-0.15, -0.1) is 10.2 Å². The maximum Gasteiger partial charge on any atom is 0.180 e. The predicted octanol–water partition coefficient (Wildman–Crippen LogP) is 0.388. The van der Waals surface area contributed by atoms with Crippen LogP contribution in [-0.2, 0) is 13.1 Å². The van der Waals surface area contributed by atoms with Crippen molar-refractivity contribution in [3.05, 3.63) is 35.9 Å². The van der Waals surface area contributed by atoms with Crippen LogP contribution in [0, 0.1) is 0 Å². The number of ketones is 1. The summed E-state index contributed by atoms with van der Waals surface area (Å²) < 4.78 is 1.96. The first-order chi connectivity index (χ1) is 9.63. The zero-order valence-electron chi connectivity index (χ0n) is 10.7. The molecule has 0 atom stereocenters. The van der Waals surface area contributed by atoms with Crippen molar-refractivity contribution in [1.82, 2.24) is 19.7 Å². The summed E-state index contributed by atoms with van der Waals surface area (Å²) in [5.41, 5.74) is 0.217. The van der Waals surface area contributed by atoms with E-state index >= 15 is 0 Å². The number of phenols is 2. The van der Waals surface area contributed by atoms with Crippen molar-refractivity contribution in [2.75, 3.05) is 13.1 Å². The molecule has 0 radical (unpaired) electrons.